The van der Waals surface area contributed by atoms with Crippen LogP contribution in [-0.2, 0) is 4.79 Å². The number of hydrogen-bond donors (Lipinski definition) is 1. The molecule has 0 radical (unpaired) electrons. The Labute approximate surface area is 147 Å². The van der Waals surface area contributed by atoms with Gasteiger partial charge in [-0.2, -0.15) is 0 Å². The van der Waals surface area contributed by atoms with Crippen molar-refractivity contribution in [3.63, 3.8) is 0 Å². The van der Waals surface area contributed by atoms with Crippen molar-refractivity contribution >= 4 is 11.9 Å². The van der Waals surface area contributed by atoms with Crippen LogP contribution in [0, 0.1) is 11.8 Å². The molecule has 1 aliphatic carbocycles. The molecule has 1 saturated heterocycles. The van der Waals surface area contributed by atoms with E-state index < -0.39 is 11.9 Å². The van der Waals surface area contributed by atoms with Crippen LogP contribution >= 0.6 is 0 Å². The molecule has 1 aromatic rings. The number of rotatable bonds is 5. The summed E-state index contributed by atoms with van der Waals surface area (Å²) >= 11 is 0. The lowest BCUT2D eigenvalue weighted by Gasteiger charge is -2.19. The average Bonchev–Trinajstić information content (AvgIpc) is 3.24. The number of carboxylic acids is 1. The molecule has 6 nitrogen and oxygen atoms in total. The molecule has 1 saturated carbocycles. The number of ether oxygens (including phenoxy) is 2. The Hall–Kier alpha value is -2.24. The second-order valence-corrected chi connectivity index (χ2v) is 7.02. The van der Waals surface area contributed by atoms with Crippen molar-refractivity contribution in [2.75, 3.05) is 20.2 Å². The number of methoxy groups -OCH3 is 1. The minimum atomic E-state index is -0.847. The van der Waals surface area contributed by atoms with E-state index in [1.807, 2.05) is 6.92 Å². The maximum absolute atomic E-state index is 12.7. The molecule has 6 heteroatoms. The third kappa shape index (κ3) is 3.72. The van der Waals surface area contributed by atoms with Gasteiger partial charge in [0.2, 0.25) is 0 Å². The Kier molecular flexibility index (Phi) is 5.16. The van der Waals surface area contributed by atoms with Gasteiger partial charge in [-0.1, -0.05) is 6.92 Å². The highest BCUT2D eigenvalue weighted by Gasteiger charge is 2.37. The summed E-state index contributed by atoms with van der Waals surface area (Å²) in [6.07, 6.45) is 4.67. The Morgan fingerprint density at radius 3 is 2.48 bits per heavy atom. The van der Waals surface area contributed by atoms with E-state index in [1.165, 1.54) is 12.8 Å². The van der Waals surface area contributed by atoms with Gasteiger partial charge < -0.3 is 19.5 Å². The molecule has 1 aliphatic heterocycles. The molecule has 1 N–H and O–H groups in total. The molecule has 25 heavy (non-hydrogen) atoms. The summed E-state index contributed by atoms with van der Waals surface area (Å²) in [5.74, 6) is -0.366. The lowest BCUT2D eigenvalue weighted by atomic mass is 9.99. The van der Waals surface area contributed by atoms with Crippen molar-refractivity contribution in [1.29, 1.82) is 0 Å². The summed E-state index contributed by atoms with van der Waals surface area (Å²) in [6, 6.07) is 5.19. The van der Waals surface area contributed by atoms with E-state index in [2.05, 4.69) is 0 Å². The van der Waals surface area contributed by atoms with Crippen LogP contribution in [0.4, 0.5) is 0 Å². The van der Waals surface area contributed by atoms with Gasteiger partial charge in [-0.05, 0) is 49.8 Å². The zero-order chi connectivity index (χ0) is 18.0. The SMILES string of the molecule is COc1cc(C(=O)N2C[C@@H](C)[C@H](C(=O)O)C2)ccc1OC1CCCC1. The topological polar surface area (TPSA) is 76.1 Å². The fraction of sp³-hybridized carbons (Fsp3) is 0.579. The molecule has 0 bridgehead atoms. The van der Waals surface area contributed by atoms with Gasteiger partial charge in [-0.15, -0.1) is 0 Å². The minimum absolute atomic E-state index is 0.0479. The summed E-state index contributed by atoms with van der Waals surface area (Å²) in [4.78, 5) is 25.6. The average molecular weight is 347 g/mol. The molecule has 2 atom stereocenters. The molecule has 0 spiro atoms. The van der Waals surface area contributed by atoms with Gasteiger partial charge in [0.05, 0.1) is 19.1 Å². The highest BCUT2D eigenvalue weighted by molar-refractivity contribution is 5.95. The van der Waals surface area contributed by atoms with E-state index in [0.29, 0.717) is 23.6 Å². The predicted molar refractivity (Wildman–Crippen MR) is 92.1 cm³/mol. The molecule has 0 aromatic heterocycles. The number of hydrogen-bond acceptors (Lipinski definition) is 4. The Balaban J connectivity index is 1.73. The highest BCUT2D eigenvalue weighted by Crippen LogP contribution is 2.33. The van der Waals surface area contributed by atoms with Crippen LogP contribution in [-0.4, -0.2) is 48.2 Å². The standard InChI is InChI=1S/C19H25NO5/c1-12-10-20(11-15(12)19(22)23)18(21)13-7-8-16(17(9-13)24-2)25-14-5-3-4-6-14/h7-9,12,14-15H,3-6,10-11H2,1-2H3,(H,22,23)/t12-,15-/m1/s1. The van der Waals surface area contributed by atoms with E-state index in [-0.39, 0.29) is 24.5 Å². The molecule has 1 heterocycles. The molecule has 1 amide bonds. The third-order valence-electron chi connectivity index (χ3n) is 5.22. The van der Waals surface area contributed by atoms with E-state index in [1.54, 1.807) is 30.2 Å². The molecular weight excluding hydrogens is 322 g/mol. The number of likely N-dealkylation sites (tertiary alicyclic amines) is 1. The molecule has 2 fully saturated rings. The summed E-state index contributed by atoms with van der Waals surface area (Å²) in [5.41, 5.74) is 0.494. The lowest BCUT2D eigenvalue weighted by molar-refractivity contribution is -0.142. The van der Waals surface area contributed by atoms with E-state index in [4.69, 9.17) is 9.47 Å². The van der Waals surface area contributed by atoms with Crippen molar-refractivity contribution in [2.45, 2.75) is 38.7 Å². The van der Waals surface area contributed by atoms with Gasteiger partial charge in [0.1, 0.15) is 0 Å². The molecular formula is C19H25NO5. The molecule has 0 unspecified atom stereocenters. The van der Waals surface area contributed by atoms with Crippen LogP contribution in [0.1, 0.15) is 43.0 Å². The van der Waals surface area contributed by atoms with Gasteiger partial charge in [0.15, 0.2) is 11.5 Å². The molecule has 2 aliphatic rings. The molecule has 3 rings (SSSR count). The quantitative estimate of drug-likeness (QED) is 0.886. The number of carbonyl (C=O) groups excluding carboxylic acids is 1. The number of benzene rings is 1. The van der Waals surface area contributed by atoms with E-state index in [9.17, 15) is 14.7 Å². The normalized spacial score (nSPS) is 23.7. The fourth-order valence-electron chi connectivity index (χ4n) is 3.72. The second kappa shape index (κ2) is 7.33. The first-order valence-electron chi connectivity index (χ1n) is 8.86. The number of carboxylic acid groups (broad SMARTS) is 1. The first-order valence-corrected chi connectivity index (χ1v) is 8.86. The van der Waals surface area contributed by atoms with Gasteiger partial charge in [-0.3, -0.25) is 9.59 Å². The zero-order valence-corrected chi connectivity index (χ0v) is 14.7. The highest BCUT2D eigenvalue weighted by atomic mass is 16.5. The van der Waals surface area contributed by atoms with Crippen molar-refractivity contribution in [1.82, 2.24) is 4.90 Å². The van der Waals surface area contributed by atoms with Crippen LogP contribution in [0.25, 0.3) is 0 Å². The first kappa shape index (κ1) is 17.6. The van der Waals surface area contributed by atoms with E-state index in [0.717, 1.165) is 12.8 Å². The van der Waals surface area contributed by atoms with E-state index >= 15 is 0 Å². The monoisotopic (exact) mass is 347 g/mol. The fourth-order valence-corrected chi connectivity index (χ4v) is 3.72. The van der Waals surface area contributed by atoms with Crippen molar-refractivity contribution < 1.29 is 24.2 Å². The smallest absolute Gasteiger partial charge is 0.308 e. The summed E-state index contributed by atoms with van der Waals surface area (Å²) < 4.78 is 11.4. The number of amides is 1. The molecule has 1 aromatic carbocycles. The van der Waals surface area contributed by atoms with Gasteiger partial charge >= 0.3 is 5.97 Å². The van der Waals surface area contributed by atoms with Crippen LogP contribution in [0.5, 0.6) is 11.5 Å². The van der Waals surface area contributed by atoms with Gasteiger partial charge in [-0.25, -0.2) is 0 Å². The largest absolute Gasteiger partial charge is 0.493 e. The predicted octanol–water partition coefficient (Wildman–Crippen LogP) is 2.81. The van der Waals surface area contributed by atoms with Crippen LogP contribution in [0.2, 0.25) is 0 Å². The zero-order valence-electron chi connectivity index (χ0n) is 14.7. The second-order valence-electron chi connectivity index (χ2n) is 7.02. The maximum Gasteiger partial charge on any atom is 0.308 e. The summed E-state index contributed by atoms with van der Waals surface area (Å²) in [7, 11) is 1.56. The van der Waals surface area contributed by atoms with Crippen molar-refractivity contribution in [3.05, 3.63) is 23.8 Å². The number of aliphatic carboxylic acids is 1. The Morgan fingerprint density at radius 2 is 1.88 bits per heavy atom. The maximum atomic E-state index is 12.7. The lowest BCUT2D eigenvalue weighted by Crippen LogP contribution is -2.30. The Morgan fingerprint density at radius 1 is 1.16 bits per heavy atom. The minimum Gasteiger partial charge on any atom is -0.493 e. The van der Waals surface area contributed by atoms with Crippen molar-refractivity contribution in [2.24, 2.45) is 11.8 Å². The van der Waals surface area contributed by atoms with Crippen LogP contribution in [0.3, 0.4) is 0 Å². The molecule has 136 valence electrons. The first-order chi connectivity index (χ1) is 12.0. The van der Waals surface area contributed by atoms with Crippen molar-refractivity contribution in [3.8, 4) is 11.5 Å². The summed E-state index contributed by atoms with van der Waals surface area (Å²) in [6.45, 7) is 2.57. The van der Waals surface area contributed by atoms with Crippen LogP contribution in [0.15, 0.2) is 18.2 Å². The summed E-state index contributed by atoms with van der Waals surface area (Å²) in [5, 5.41) is 9.23. The Bertz CT molecular complexity index is 653. The third-order valence-corrected chi connectivity index (χ3v) is 5.22. The van der Waals surface area contributed by atoms with Gasteiger partial charge in [0.25, 0.3) is 5.91 Å². The van der Waals surface area contributed by atoms with Gasteiger partial charge in [0, 0.05) is 18.7 Å². The number of carbonyl (C=O) groups is 2. The number of nitrogens with zero attached hydrogens (tertiary/aromatic N) is 1. The van der Waals surface area contributed by atoms with Crippen LogP contribution < -0.4 is 9.47 Å².